The number of thiazole rings is 1. The summed E-state index contributed by atoms with van der Waals surface area (Å²) in [6, 6.07) is 0. The molecule has 2 aromatic heterocycles. The van der Waals surface area contributed by atoms with Crippen molar-refractivity contribution >= 4 is 29.3 Å². The molecule has 0 spiro atoms. The number of nitrogens with two attached hydrogens (primary N) is 1. The number of unbranched alkanes of at least 4 members (excludes halogenated alkanes) is 1. The van der Waals surface area contributed by atoms with Crippen LogP contribution in [0.3, 0.4) is 0 Å². The summed E-state index contributed by atoms with van der Waals surface area (Å²) in [6.45, 7) is 14.4. The standard InChI is InChI=1S/C15H26N2.C14H18N2O2S2/c1-6-9-10-11-14(13(5)17-8-3)15(16)12(4)7-2;1-9-3-4-11(17-9)5-19-6-12-10(2)16-18-14(12)13-7-20-8-15-13/h8,10-11H,6-7,9,16H2,1-5H3;7-9,11H,3-6H2,1-2H3/b11-10-,14-13-,15-12-,17-8?;. The quantitative estimate of drug-likeness (QED) is 0.226. The van der Waals surface area contributed by atoms with E-state index in [4.69, 9.17) is 15.0 Å². The van der Waals surface area contributed by atoms with E-state index in [0.717, 1.165) is 70.4 Å². The fourth-order valence-electron chi connectivity index (χ4n) is 3.84. The normalized spacial score (nSPS) is 19.2. The van der Waals surface area contributed by atoms with Crippen molar-refractivity contribution in [2.24, 2.45) is 10.7 Å². The second-order valence-electron chi connectivity index (χ2n) is 9.24. The molecule has 3 rings (SSSR count). The molecule has 0 radical (unpaired) electrons. The maximum absolute atomic E-state index is 6.18. The van der Waals surface area contributed by atoms with Crippen molar-refractivity contribution in [3.63, 3.8) is 0 Å². The van der Waals surface area contributed by atoms with Crippen LogP contribution in [0.4, 0.5) is 0 Å². The second kappa shape index (κ2) is 16.6. The summed E-state index contributed by atoms with van der Waals surface area (Å²) >= 11 is 3.46. The SMILES string of the molecule is CC=N/C(C)=C(/C=C\CCC)C(\N)=C(/C)CC.Cc1noc(-c2cscn2)c1CSCC1CCC(C)O1. The van der Waals surface area contributed by atoms with E-state index >= 15 is 0 Å². The average Bonchev–Trinajstić information content (AvgIpc) is 3.64. The molecule has 204 valence electrons. The zero-order valence-corrected chi connectivity index (χ0v) is 25.2. The highest BCUT2D eigenvalue weighted by atomic mass is 32.2. The Balaban J connectivity index is 0.000000265. The second-order valence-corrected chi connectivity index (χ2v) is 11.0. The highest BCUT2D eigenvalue weighted by Crippen LogP contribution is 2.31. The van der Waals surface area contributed by atoms with E-state index in [1.807, 2.05) is 43.4 Å². The van der Waals surface area contributed by atoms with Gasteiger partial charge in [0.25, 0.3) is 0 Å². The Morgan fingerprint density at radius 3 is 2.68 bits per heavy atom. The third-order valence-electron chi connectivity index (χ3n) is 6.25. The van der Waals surface area contributed by atoms with Gasteiger partial charge in [-0.15, -0.1) is 11.3 Å². The van der Waals surface area contributed by atoms with Gasteiger partial charge in [-0.25, -0.2) is 4.98 Å². The van der Waals surface area contributed by atoms with Crippen LogP contribution < -0.4 is 5.73 Å². The summed E-state index contributed by atoms with van der Waals surface area (Å²) in [5.41, 5.74) is 15.1. The molecule has 0 saturated carbocycles. The molecule has 8 heteroatoms. The first-order valence-electron chi connectivity index (χ1n) is 13.2. The van der Waals surface area contributed by atoms with Gasteiger partial charge in [-0.3, -0.25) is 4.99 Å². The largest absolute Gasteiger partial charge is 0.398 e. The van der Waals surface area contributed by atoms with Crippen molar-refractivity contribution in [2.75, 3.05) is 5.75 Å². The predicted molar refractivity (Wildman–Crippen MR) is 160 cm³/mol. The van der Waals surface area contributed by atoms with E-state index in [2.05, 4.69) is 55.0 Å². The van der Waals surface area contributed by atoms with Crippen LogP contribution in [0.1, 0.15) is 84.9 Å². The van der Waals surface area contributed by atoms with Gasteiger partial charge in [0.2, 0.25) is 0 Å². The maximum Gasteiger partial charge on any atom is 0.190 e. The van der Waals surface area contributed by atoms with Crippen LogP contribution in [0.5, 0.6) is 0 Å². The van der Waals surface area contributed by atoms with Crippen LogP contribution in [-0.4, -0.2) is 34.3 Å². The van der Waals surface area contributed by atoms with Crippen LogP contribution >= 0.6 is 23.1 Å². The lowest BCUT2D eigenvalue weighted by atomic mass is 10.0. The van der Waals surface area contributed by atoms with E-state index in [1.165, 1.54) is 18.4 Å². The number of nitrogens with zero attached hydrogens (tertiary/aromatic N) is 3. The number of aromatic nitrogens is 2. The van der Waals surface area contributed by atoms with Crippen LogP contribution in [-0.2, 0) is 10.5 Å². The molecule has 2 unspecified atom stereocenters. The number of ether oxygens (including phenoxy) is 1. The van der Waals surface area contributed by atoms with Gasteiger partial charge in [0.15, 0.2) is 5.76 Å². The first kappa shape index (κ1) is 31.1. The van der Waals surface area contributed by atoms with Crippen LogP contribution in [0.2, 0.25) is 0 Å². The Morgan fingerprint density at radius 1 is 1.30 bits per heavy atom. The number of aliphatic imine (C=N–C) groups is 1. The summed E-state index contributed by atoms with van der Waals surface area (Å²) < 4.78 is 11.3. The lowest BCUT2D eigenvalue weighted by Crippen LogP contribution is -2.11. The van der Waals surface area contributed by atoms with Crippen LogP contribution in [0, 0.1) is 6.92 Å². The monoisotopic (exact) mass is 544 g/mol. The number of hydrogen-bond donors (Lipinski definition) is 1. The molecule has 2 aromatic rings. The van der Waals surface area contributed by atoms with Gasteiger partial charge in [0.1, 0.15) is 5.69 Å². The molecular weight excluding hydrogens is 500 g/mol. The van der Waals surface area contributed by atoms with E-state index < -0.39 is 0 Å². The molecule has 37 heavy (non-hydrogen) atoms. The number of rotatable bonds is 11. The van der Waals surface area contributed by atoms with Crippen molar-refractivity contribution in [1.29, 1.82) is 0 Å². The molecule has 3 heterocycles. The Labute approximate surface area is 231 Å². The molecule has 1 aliphatic rings. The summed E-state index contributed by atoms with van der Waals surface area (Å²) in [6.07, 6.45) is 12.4. The van der Waals surface area contributed by atoms with Crippen LogP contribution in [0.25, 0.3) is 11.5 Å². The lowest BCUT2D eigenvalue weighted by molar-refractivity contribution is 0.0700. The molecule has 0 amide bonds. The topological polar surface area (TPSA) is 86.5 Å². The lowest BCUT2D eigenvalue weighted by Gasteiger charge is -2.10. The Hall–Kier alpha value is -2.16. The van der Waals surface area contributed by atoms with Gasteiger partial charge in [0, 0.05) is 45.6 Å². The fraction of sp³-hybridized carbons (Fsp3) is 0.552. The minimum atomic E-state index is 0.401. The minimum absolute atomic E-state index is 0.401. The third kappa shape index (κ3) is 9.91. The maximum atomic E-state index is 6.18. The number of thioether (sulfide) groups is 1. The zero-order valence-electron chi connectivity index (χ0n) is 23.5. The Bertz CT molecular complexity index is 1070. The molecular formula is C29H44N4O2S2. The first-order chi connectivity index (χ1) is 17.8. The predicted octanol–water partition coefficient (Wildman–Crippen LogP) is 8.26. The highest BCUT2D eigenvalue weighted by molar-refractivity contribution is 7.98. The van der Waals surface area contributed by atoms with Crippen LogP contribution in [0.15, 0.2) is 55.1 Å². The summed E-state index contributed by atoms with van der Waals surface area (Å²) in [5.74, 6) is 2.75. The minimum Gasteiger partial charge on any atom is -0.398 e. The summed E-state index contributed by atoms with van der Waals surface area (Å²) in [4.78, 5) is 8.64. The van der Waals surface area contributed by atoms with Gasteiger partial charge in [-0.05, 0) is 65.9 Å². The molecule has 1 saturated heterocycles. The molecule has 0 bridgehead atoms. The van der Waals surface area contributed by atoms with E-state index in [-0.39, 0.29) is 0 Å². The van der Waals surface area contributed by atoms with E-state index in [9.17, 15) is 0 Å². The molecule has 2 N–H and O–H groups in total. The third-order valence-corrected chi connectivity index (χ3v) is 7.94. The number of hydrogen-bond acceptors (Lipinski definition) is 8. The molecule has 0 aliphatic carbocycles. The molecule has 0 aromatic carbocycles. The smallest absolute Gasteiger partial charge is 0.190 e. The number of aryl methyl sites for hydroxylation is 1. The Kier molecular flexibility index (Phi) is 14.0. The van der Waals surface area contributed by atoms with E-state index in [1.54, 1.807) is 17.6 Å². The van der Waals surface area contributed by atoms with Crippen molar-refractivity contribution in [1.82, 2.24) is 10.1 Å². The van der Waals surface area contributed by atoms with Gasteiger partial charge in [-0.1, -0.05) is 37.6 Å². The van der Waals surface area contributed by atoms with E-state index in [0.29, 0.717) is 12.2 Å². The van der Waals surface area contributed by atoms with Gasteiger partial charge in [0.05, 0.1) is 23.4 Å². The first-order valence-corrected chi connectivity index (χ1v) is 15.3. The molecule has 1 fully saturated rings. The Morgan fingerprint density at radius 2 is 2.08 bits per heavy atom. The van der Waals surface area contributed by atoms with Crippen molar-refractivity contribution in [3.05, 3.63) is 56.8 Å². The zero-order chi connectivity index (χ0) is 27.2. The fourth-order valence-corrected chi connectivity index (χ4v) is 5.54. The van der Waals surface area contributed by atoms with Gasteiger partial charge >= 0.3 is 0 Å². The van der Waals surface area contributed by atoms with Crippen molar-refractivity contribution in [3.8, 4) is 11.5 Å². The highest BCUT2D eigenvalue weighted by Gasteiger charge is 2.22. The van der Waals surface area contributed by atoms with Crippen molar-refractivity contribution in [2.45, 2.75) is 98.5 Å². The van der Waals surface area contributed by atoms with Gasteiger partial charge in [-0.2, -0.15) is 11.8 Å². The van der Waals surface area contributed by atoms with Crippen molar-refractivity contribution < 1.29 is 9.26 Å². The van der Waals surface area contributed by atoms with Gasteiger partial charge < -0.3 is 15.0 Å². The summed E-state index contributed by atoms with van der Waals surface area (Å²) in [7, 11) is 0. The average molecular weight is 545 g/mol. The number of allylic oxidation sites excluding steroid dienone is 4. The molecule has 1 aliphatic heterocycles. The summed E-state index contributed by atoms with van der Waals surface area (Å²) in [5, 5.41) is 6.08. The molecule has 2 atom stereocenters. The molecule has 6 nitrogen and oxygen atoms in total.